The standard InChI is InChI=1S/C21H16FNO4S/c1-12-6-7-16(15(22)8-12)23-19(24)11-27-21(25)18-9-13-10-26-17-5-3-2-4-14(17)20(13)28-18/h2-9H,10-11H2,1H3,(H,23,24). The molecule has 0 aliphatic carbocycles. The lowest BCUT2D eigenvalue weighted by atomic mass is 10.1. The maximum Gasteiger partial charge on any atom is 0.348 e. The zero-order chi connectivity index (χ0) is 19.7. The van der Waals surface area contributed by atoms with Crippen molar-refractivity contribution in [3.8, 4) is 16.2 Å². The monoisotopic (exact) mass is 397 g/mol. The molecule has 7 heteroatoms. The average molecular weight is 397 g/mol. The number of rotatable bonds is 4. The summed E-state index contributed by atoms with van der Waals surface area (Å²) in [7, 11) is 0. The van der Waals surface area contributed by atoms with Gasteiger partial charge in [-0.3, -0.25) is 4.79 Å². The summed E-state index contributed by atoms with van der Waals surface area (Å²) in [5.74, 6) is -0.969. The number of halogens is 1. The number of carbonyl (C=O) groups excluding carboxylic acids is 2. The van der Waals surface area contributed by atoms with E-state index in [4.69, 9.17) is 9.47 Å². The zero-order valence-electron chi connectivity index (χ0n) is 15.0. The molecule has 0 bridgehead atoms. The number of carbonyl (C=O) groups is 2. The molecule has 4 rings (SSSR count). The number of para-hydroxylation sites is 1. The fourth-order valence-electron chi connectivity index (χ4n) is 2.91. The fourth-order valence-corrected chi connectivity index (χ4v) is 4.00. The van der Waals surface area contributed by atoms with E-state index >= 15 is 0 Å². The smallest absolute Gasteiger partial charge is 0.348 e. The first-order chi connectivity index (χ1) is 13.5. The maximum atomic E-state index is 13.8. The number of hydrogen-bond acceptors (Lipinski definition) is 5. The van der Waals surface area contributed by atoms with E-state index < -0.39 is 24.3 Å². The highest BCUT2D eigenvalue weighted by atomic mass is 32.1. The molecule has 1 aromatic heterocycles. The molecule has 1 N–H and O–H groups in total. The summed E-state index contributed by atoms with van der Waals surface area (Å²) in [6, 6.07) is 13.8. The van der Waals surface area contributed by atoms with Crippen molar-refractivity contribution in [2.75, 3.05) is 11.9 Å². The van der Waals surface area contributed by atoms with Crippen molar-refractivity contribution in [3.63, 3.8) is 0 Å². The summed E-state index contributed by atoms with van der Waals surface area (Å²) in [6.07, 6.45) is 0. The van der Waals surface area contributed by atoms with E-state index in [1.165, 1.54) is 23.5 Å². The van der Waals surface area contributed by atoms with Crippen LogP contribution >= 0.6 is 11.3 Å². The van der Waals surface area contributed by atoms with Crippen molar-refractivity contribution < 1.29 is 23.5 Å². The third kappa shape index (κ3) is 3.61. The molecule has 3 aromatic rings. The van der Waals surface area contributed by atoms with E-state index in [0.29, 0.717) is 11.5 Å². The molecule has 0 radical (unpaired) electrons. The molecule has 142 valence electrons. The Bertz CT molecular complexity index is 1080. The molecule has 0 fully saturated rings. The summed E-state index contributed by atoms with van der Waals surface area (Å²) >= 11 is 1.30. The molecule has 1 amide bonds. The van der Waals surface area contributed by atoms with Gasteiger partial charge >= 0.3 is 5.97 Å². The molecule has 0 atom stereocenters. The predicted molar refractivity (Wildman–Crippen MR) is 104 cm³/mol. The number of nitrogens with one attached hydrogen (secondary N) is 1. The Morgan fingerprint density at radius 1 is 1.21 bits per heavy atom. The molecule has 0 saturated carbocycles. The Balaban J connectivity index is 1.41. The van der Waals surface area contributed by atoms with Crippen LogP contribution in [-0.4, -0.2) is 18.5 Å². The molecule has 1 aliphatic heterocycles. The quantitative estimate of drug-likeness (QED) is 0.656. The van der Waals surface area contributed by atoms with Crippen LogP contribution in [0.5, 0.6) is 5.75 Å². The Morgan fingerprint density at radius 2 is 2.04 bits per heavy atom. The van der Waals surface area contributed by atoms with Crippen molar-refractivity contribution >= 4 is 28.9 Å². The highest BCUT2D eigenvalue weighted by molar-refractivity contribution is 7.17. The minimum atomic E-state index is -0.605. The van der Waals surface area contributed by atoms with Gasteiger partial charge in [0.15, 0.2) is 6.61 Å². The van der Waals surface area contributed by atoms with Crippen LogP contribution in [0.3, 0.4) is 0 Å². The Labute approximate surface area is 164 Å². The molecular weight excluding hydrogens is 381 g/mol. The average Bonchev–Trinajstić information content (AvgIpc) is 3.13. The summed E-state index contributed by atoms with van der Waals surface area (Å²) < 4.78 is 24.6. The zero-order valence-corrected chi connectivity index (χ0v) is 15.8. The number of ether oxygens (including phenoxy) is 2. The van der Waals surface area contributed by atoms with Crippen LogP contribution < -0.4 is 10.1 Å². The summed E-state index contributed by atoms with van der Waals surface area (Å²) in [5.41, 5.74) is 2.63. The van der Waals surface area contributed by atoms with E-state index in [-0.39, 0.29) is 5.69 Å². The van der Waals surface area contributed by atoms with E-state index in [2.05, 4.69) is 5.32 Å². The highest BCUT2D eigenvalue weighted by Gasteiger charge is 2.23. The lowest BCUT2D eigenvalue weighted by molar-refractivity contribution is -0.119. The van der Waals surface area contributed by atoms with E-state index in [0.717, 1.165) is 27.3 Å². The molecule has 2 aromatic carbocycles. The molecular formula is C21H16FNO4S. The lowest BCUT2D eigenvalue weighted by Gasteiger charge is -2.16. The molecule has 0 saturated heterocycles. The molecule has 0 unspecified atom stereocenters. The van der Waals surface area contributed by atoms with Gasteiger partial charge in [0.1, 0.15) is 23.1 Å². The Kier molecular flexibility index (Phi) is 4.83. The van der Waals surface area contributed by atoms with Crippen LogP contribution in [0.25, 0.3) is 10.4 Å². The van der Waals surface area contributed by atoms with Gasteiger partial charge in [-0.05, 0) is 42.8 Å². The predicted octanol–water partition coefficient (Wildman–Crippen LogP) is 4.55. The minimum absolute atomic E-state index is 0.0481. The third-order valence-electron chi connectivity index (χ3n) is 4.26. The normalized spacial score (nSPS) is 11.8. The van der Waals surface area contributed by atoms with Gasteiger partial charge in [-0.25, -0.2) is 9.18 Å². The first-order valence-corrected chi connectivity index (χ1v) is 9.41. The van der Waals surface area contributed by atoms with Crippen molar-refractivity contribution in [3.05, 3.63) is 70.4 Å². The molecule has 1 aliphatic rings. The summed E-state index contributed by atoms with van der Waals surface area (Å²) in [4.78, 5) is 25.7. The number of fused-ring (bicyclic) bond motifs is 3. The van der Waals surface area contributed by atoms with Gasteiger partial charge in [0, 0.05) is 16.0 Å². The number of esters is 1. The van der Waals surface area contributed by atoms with Crippen LogP contribution in [0.1, 0.15) is 20.8 Å². The highest BCUT2D eigenvalue weighted by Crippen LogP contribution is 2.42. The van der Waals surface area contributed by atoms with Gasteiger partial charge in [-0.2, -0.15) is 0 Å². The third-order valence-corrected chi connectivity index (χ3v) is 5.45. The molecule has 0 spiro atoms. The van der Waals surface area contributed by atoms with E-state index in [9.17, 15) is 14.0 Å². The van der Waals surface area contributed by atoms with Gasteiger partial charge in [0.25, 0.3) is 5.91 Å². The first kappa shape index (κ1) is 18.2. The van der Waals surface area contributed by atoms with E-state index in [1.54, 1.807) is 19.1 Å². The lowest BCUT2D eigenvalue weighted by Crippen LogP contribution is -2.21. The second kappa shape index (κ2) is 7.44. The number of hydrogen-bond donors (Lipinski definition) is 1. The SMILES string of the molecule is Cc1ccc(NC(=O)COC(=O)c2cc3c(s2)-c2ccccc2OC3)c(F)c1. The number of anilines is 1. The number of amides is 1. The van der Waals surface area contributed by atoms with Crippen LogP contribution in [0.4, 0.5) is 10.1 Å². The van der Waals surface area contributed by atoms with Crippen LogP contribution in [0.15, 0.2) is 48.5 Å². The van der Waals surface area contributed by atoms with Gasteiger partial charge in [0.2, 0.25) is 0 Å². The van der Waals surface area contributed by atoms with Gasteiger partial charge < -0.3 is 14.8 Å². The minimum Gasteiger partial charge on any atom is -0.488 e. The van der Waals surface area contributed by atoms with Crippen LogP contribution in [0.2, 0.25) is 0 Å². The van der Waals surface area contributed by atoms with Crippen molar-refractivity contribution in [2.45, 2.75) is 13.5 Å². The molecule has 2 heterocycles. The Hall–Kier alpha value is -3.19. The summed E-state index contributed by atoms with van der Waals surface area (Å²) in [6.45, 7) is 1.63. The molecule has 5 nitrogen and oxygen atoms in total. The topological polar surface area (TPSA) is 64.6 Å². The van der Waals surface area contributed by atoms with Crippen LogP contribution in [-0.2, 0) is 16.1 Å². The van der Waals surface area contributed by atoms with Gasteiger partial charge in [-0.1, -0.05) is 18.2 Å². The number of aryl methyl sites for hydroxylation is 1. The van der Waals surface area contributed by atoms with Gasteiger partial charge in [0.05, 0.1) is 5.69 Å². The van der Waals surface area contributed by atoms with Crippen molar-refractivity contribution in [1.29, 1.82) is 0 Å². The fraction of sp³-hybridized carbons (Fsp3) is 0.143. The van der Waals surface area contributed by atoms with Crippen molar-refractivity contribution in [1.82, 2.24) is 0 Å². The molecule has 28 heavy (non-hydrogen) atoms. The first-order valence-electron chi connectivity index (χ1n) is 8.59. The largest absolute Gasteiger partial charge is 0.488 e. The Morgan fingerprint density at radius 3 is 2.86 bits per heavy atom. The second-order valence-electron chi connectivity index (χ2n) is 6.36. The van der Waals surface area contributed by atoms with Gasteiger partial charge in [-0.15, -0.1) is 11.3 Å². The van der Waals surface area contributed by atoms with Crippen molar-refractivity contribution in [2.24, 2.45) is 0 Å². The maximum absolute atomic E-state index is 13.8. The number of benzene rings is 2. The van der Waals surface area contributed by atoms with Crippen LogP contribution in [0, 0.1) is 12.7 Å². The summed E-state index contributed by atoms with van der Waals surface area (Å²) in [5, 5.41) is 2.40. The van der Waals surface area contributed by atoms with E-state index in [1.807, 2.05) is 24.3 Å². The second-order valence-corrected chi connectivity index (χ2v) is 7.41. The number of thiophene rings is 1.